The number of benzene rings is 1. The maximum atomic E-state index is 12.2. The van der Waals surface area contributed by atoms with Gasteiger partial charge in [0.2, 0.25) is 5.91 Å². The molecule has 1 N–H and O–H groups in total. The molecule has 0 radical (unpaired) electrons. The maximum absolute atomic E-state index is 12.2. The van der Waals surface area contributed by atoms with E-state index in [0.717, 1.165) is 16.2 Å². The number of para-hydroxylation sites is 2. The first-order chi connectivity index (χ1) is 10.6. The summed E-state index contributed by atoms with van der Waals surface area (Å²) in [5, 5.41) is 2.85. The van der Waals surface area contributed by atoms with Gasteiger partial charge in [0.1, 0.15) is 0 Å². The first-order valence-corrected chi connectivity index (χ1v) is 8.84. The van der Waals surface area contributed by atoms with E-state index in [1.807, 2.05) is 31.3 Å². The third kappa shape index (κ3) is 3.34. The third-order valence-corrected chi connectivity index (χ3v) is 5.34. The second kappa shape index (κ2) is 6.54. The molecule has 6 heteroatoms. The van der Waals surface area contributed by atoms with Crippen molar-refractivity contribution >= 4 is 40.0 Å². The zero-order valence-corrected chi connectivity index (χ0v) is 14.1. The van der Waals surface area contributed by atoms with Crippen molar-refractivity contribution < 1.29 is 4.79 Å². The molecule has 0 aliphatic rings. The number of thioether (sulfide) groups is 1. The third-order valence-electron chi connectivity index (χ3n) is 3.47. The average Bonchev–Trinajstić information content (AvgIpc) is 3.10. The second-order valence-corrected chi connectivity index (χ2v) is 7.09. The van der Waals surface area contributed by atoms with E-state index in [4.69, 9.17) is 0 Å². The first-order valence-electron chi connectivity index (χ1n) is 6.98. The van der Waals surface area contributed by atoms with Gasteiger partial charge in [-0.3, -0.25) is 4.79 Å². The lowest BCUT2D eigenvalue weighted by Crippen LogP contribution is -2.27. The second-order valence-electron chi connectivity index (χ2n) is 5.12. The summed E-state index contributed by atoms with van der Waals surface area (Å²) in [5.41, 5.74) is 3.18. The van der Waals surface area contributed by atoms with Gasteiger partial charge in [-0.2, -0.15) is 0 Å². The van der Waals surface area contributed by atoms with Gasteiger partial charge in [0.05, 0.1) is 23.3 Å². The number of hydrogen-bond donors (Lipinski definition) is 1. The van der Waals surface area contributed by atoms with Crippen LogP contribution in [-0.4, -0.2) is 33.6 Å². The molecule has 2 aromatic heterocycles. The van der Waals surface area contributed by atoms with Gasteiger partial charge >= 0.3 is 0 Å². The first kappa shape index (κ1) is 15.1. The maximum Gasteiger partial charge on any atom is 0.233 e. The quantitative estimate of drug-likeness (QED) is 0.726. The molecule has 0 bridgehead atoms. The standard InChI is InChI=1S/C16H17N3OS2/c1-11-7-8-21-14(11)9-19(2)15(20)10-22-16-17-12-5-3-4-6-13(12)18-16/h3-8H,9-10H2,1-2H3,(H,17,18). The summed E-state index contributed by atoms with van der Waals surface area (Å²) in [6.45, 7) is 2.75. The zero-order valence-electron chi connectivity index (χ0n) is 12.5. The SMILES string of the molecule is Cc1ccsc1CN(C)C(=O)CSc1nc2ccccc2[nH]1. The molecule has 3 aromatic rings. The highest BCUT2D eigenvalue weighted by atomic mass is 32.2. The minimum atomic E-state index is 0.109. The van der Waals surface area contributed by atoms with Gasteiger partial charge in [-0.05, 0) is 36.1 Å². The molecule has 0 spiro atoms. The average molecular weight is 331 g/mol. The van der Waals surface area contributed by atoms with Crippen molar-refractivity contribution in [1.29, 1.82) is 0 Å². The fourth-order valence-corrected chi connectivity index (χ4v) is 3.89. The van der Waals surface area contributed by atoms with Gasteiger partial charge in [0, 0.05) is 11.9 Å². The summed E-state index contributed by atoms with van der Waals surface area (Å²) >= 11 is 3.14. The predicted molar refractivity (Wildman–Crippen MR) is 92.3 cm³/mol. The number of carbonyl (C=O) groups is 1. The number of fused-ring (bicyclic) bond motifs is 1. The van der Waals surface area contributed by atoms with Crippen LogP contribution in [-0.2, 0) is 11.3 Å². The van der Waals surface area contributed by atoms with E-state index >= 15 is 0 Å². The van der Waals surface area contributed by atoms with Crippen molar-refractivity contribution in [1.82, 2.24) is 14.9 Å². The fraction of sp³-hybridized carbons (Fsp3) is 0.250. The molecular formula is C16H17N3OS2. The lowest BCUT2D eigenvalue weighted by molar-refractivity contribution is -0.127. The summed E-state index contributed by atoms with van der Waals surface area (Å²) in [4.78, 5) is 23.0. The van der Waals surface area contributed by atoms with Crippen LogP contribution >= 0.6 is 23.1 Å². The number of thiophene rings is 1. The molecule has 0 aliphatic heterocycles. The van der Waals surface area contributed by atoms with Gasteiger partial charge in [-0.25, -0.2) is 4.98 Å². The Morgan fingerprint density at radius 3 is 2.91 bits per heavy atom. The minimum absolute atomic E-state index is 0.109. The number of nitrogens with zero attached hydrogens (tertiary/aromatic N) is 2. The molecule has 22 heavy (non-hydrogen) atoms. The Labute approximate surface area is 137 Å². The van der Waals surface area contributed by atoms with Crippen LogP contribution in [0.15, 0.2) is 40.9 Å². The van der Waals surface area contributed by atoms with E-state index in [1.54, 1.807) is 16.2 Å². The van der Waals surface area contributed by atoms with E-state index in [2.05, 4.69) is 28.3 Å². The highest BCUT2D eigenvalue weighted by Crippen LogP contribution is 2.21. The molecule has 0 unspecified atom stereocenters. The molecule has 3 rings (SSSR count). The van der Waals surface area contributed by atoms with E-state index in [9.17, 15) is 4.79 Å². The monoisotopic (exact) mass is 331 g/mol. The number of hydrogen-bond acceptors (Lipinski definition) is 4. The molecule has 2 heterocycles. The molecule has 0 aliphatic carbocycles. The number of aromatic nitrogens is 2. The highest BCUT2D eigenvalue weighted by Gasteiger charge is 2.13. The molecule has 0 fully saturated rings. The van der Waals surface area contributed by atoms with Crippen LogP contribution in [0, 0.1) is 6.92 Å². The fourth-order valence-electron chi connectivity index (χ4n) is 2.11. The molecule has 1 aromatic carbocycles. The van der Waals surface area contributed by atoms with Gasteiger partial charge in [-0.1, -0.05) is 23.9 Å². The van der Waals surface area contributed by atoms with Crippen LogP contribution in [0.3, 0.4) is 0 Å². The van der Waals surface area contributed by atoms with Crippen molar-refractivity contribution in [3.05, 3.63) is 46.2 Å². The number of rotatable bonds is 5. The Morgan fingerprint density at radius 2 is 2.18 bits per heavy atom. The van der Waals surface area contributed by atoms with Crippen molar-refractivity contribution in [3.8, 4) is 0 Å². The van der Waals surface area contributed by atoms with Crippen LogP contribution < -0.4 is 0 Å². The molecule has 0 saturated carbocycles. The molecular weight excluding hydrogens is 314 g/mol. The number of H-pyrrole nitrogens is 1. The van der Waals surface area contributed by atoms with Crippen LogP contribution in [0.1, 0.15) is 10.4 Å². The molecule has 4 nitrogen and oxygen atoms in total. The van der Waals surface area contributed by atoms with E-state index in [1.165, 1.54) is 22.2 Å². The van der Waals surface area contributed by atoms with Crippen LogP contribution in [0.2, 0.25) is 0 Å². The van der Waals surface area contributed by atoms with Gasteiger partial charge < -0.3 is 9.88 Å². The van der Waals surface area contributed by atoms with Crippen molar-refractivity contribution in [2.45, 2.75) is 18.6 Å². The van der Waals surface area contributed by atoms with Crippen LogP contribution in [0.5, 0.6) is 0 Å². The van der Waals surface area contributed by atoms with Crippen molar-refractivity contribution in [2.75, 3.05) is 12.8 Å². The summed E-state index contributed by atoms with van der Waals surface area (Å²) < 4.78 is 0. The summed E-state index contributed by atoms with van der Waals surface area (Å²) in [7, 11) is 1.85. The Kier molecular flexibility index (Phi) is 4.49. The molecule has 1 amide bonds. The topological polar surface area (TPSA) is 49.0 Å². The number of amides is 1. The number of nitrogens with one attached hydrogen (secondary N) is 1. The van der Waals surface area contributed by atoms with E-state index < -0.39 is 0 Å². The van der Waals surface area contributed by atoms with Gasteiger partial charge in [0.25, 0.3) is 0 Å². The lowest BCUT2D eigenvalue weighted by Gasteiger charge is -2.16. The number of carbonyl (C=O) groups excluding carboxylic acids is 1. The summed E-state index contributed by atoms with van der Waals surface area (Å²) in [6, 6.07) is 9.96. The van der Waals surface area contributed by atoms with Crippen molar-refractivity contribution in [2.24, 2.45) is 0 Å². The highest BCUT2D eigenvalue weighted by molar-refractivity contribution is 7.99. The lowest BCUT2D eigenvalue weighted by atomic mass is 10.3. The van der Waals surface area contributed by atoms with E-state index in [0.29, 0.717) is 12.3 Å². The Hall–Kier alpha value is -1.79. The Balaban J connectivity index is 1.58. The molecule has 0 atom stereocenters. The molecule has 114 valence electrons. The normalized spacial score (nSPS) is 11.0. The zero-order chi connectivity index (χ0) is 15.5. The number of aryl methyl sites for hydroxylation is 1. The van der Waals surface area contributed by atoms with Gasteiger partial charge in [0.15, 0.2) is 5.16 Å². The van der Waals surface area contributed by atoms with Gasteiger partial charge in [-0.15, -0.1) is 11.3 Å². The Morgan fingerprint density at radius 1 is 1.36 bits per heavy atom. The van der Waals surface area contributed by atoms with E-state index in [-0.39, 0.29) is 5.91 Å². The van der Waals surface area contributed by atoms with Crippen LogP contribution in [0.4, 0.5) is 0 Å². The summed E-state index contributed by atoms with van der Waals surface area (Å²) in [6.07, 6.45) is 0. The molecule has 0 saturated heterocycles. The summed E-state index contributed by atoms with van der Waals surface area (Å²) in [5.74, 6) is 0.499. The smallest absolute Gasteiger partial charge is 0.233 e. The Bertz CT molecular complexity index is 760. The number of imidazole rings is 1. The number of aromatic amines is 1. The predicted octanol–water partition coefficient (Wildman–Crippen LogP) is 3.68. The minimum Gasteiger partial charge on any atom is -0.340 e. The largest absolute Gasteiger partial charge is 0.340 e. The van der Waals surface area contributed by atoms with Crippen LogP contribution in [0.25, 0.3) is 11.0 Å². The van der Waals surface area contributed by atoms with Crippen molar-refractivity contribution in [3.63, 3.8) is 0 Å².